The lowest BCUT2D eigenvalue weighted by Crippen LogP contribution is -2.36. The summed E-state index contributed by atoms with van der Waals surface area (Å²) in [5.41, 5.74) is 5.60. The van der Waals surface area contributed by atoms with Crippen LogP contribution in [0.2, 0.25) is 0 Å². The molecule has 3 nitrogen and oxygen atoms in total. The van der Waals surface area contributed by atoms with Crippen LogP contribution < -0.4 is 15.2 Å². The highest BCUT2D eigenvalue weighted by atomic mass is 19.3. The predicted molar refractivity (Wildman–Crippen MR) is 61.8 cm³/mol. The molecule has 96 valence electrons. The van der Waals surface area contributed by atoms with E-state index in [9.17, 15) is 8.78 Å². The minimum absolute atomic E-state index is 0.134. The second kappa shape index (κ2) is 4.87. The molecule has 0 bridgehead atoms. The van der Waals surface area contributed by atoms with Gasteiger partial charge in [0.15, 0.2) is 11.5 Å². The summed E-state index contributed by atoms with van der Waals surface area (Å²) in [6.45, 7) is 2.86. The van der Waals surface area contributed by atoms with Gasteiger partial charge in [-0.25, -0.2) is 0 Å². The van der Waals surface area contributed by atoms with Gasteiger partial charge in [0.2, 0.25) is 0 Å². The lowest BCUT2D eigenvalue weighted by molar-refractivity contribution is -0.0264. The number of methoxy groups -OCH3 is 2. The van der Waals surface area contributed by atoms with Crippen molar-refractivity contribution in [3.63, 3.8) is 0 Å². The van der Waals surface area contributed by atoms with Crippen LogP contribution in [-0.2, 0) is 5.92 Å². The van der Waals surface area contributed by atoms with Gasteiger partial charge < -0.3 is 15.2 Å². The first kappa shape index (κ1) is 13.7. The van der Waals surface area contributed by atoms with Gasteiger partial charge in [-0.3, -0.25) is 0 Å². The Morgan fingerprint density at radius 3 is 2.06 bits per heavy atom. The number of aryl methyl sites for hydroxylation is 1. The molecule has 17 heavy (non-hydrogen) atoms. The van der Waals surface area contributed by atoms with Gasteiger partial charge in [-0.05, 0) is 31.5 Å². The number of halogens is 2. The second-order valence-electron chi connectivity index (χ2n) is 3.93. The van der Waals surface area contributed by atoms with Crippen molar-refractivity contribution in [2.45, 2.75) is 25.8 Å². The third-order valence-corrected chi connectivity index (χ3v) is 2.66. The minimum Gasteiger partial charge on any atom is -0.493 e. The van der Waals surface area contributed by atoms with Crippen molar-refractivity contribution in [1.29, 1.82) is 0 Å². The molecule has 5 heteroatoms. The highest BCUT2D eigenvalue weighted by Crippen LogP contribution is 2.39. The molecule has 0 aliphatic carbocycles. The first-order valence-electron chi connectivity index (χ1n) is 5.21. The summed E-state index contributed by atoms with van der Waals surface area (Å²) in [5, 5.41) is 0. The molecular formula is C12H17F2NO2. The molecule has 1 aromatic rings. The number of alkyl halides is 2. The lowest BCUT2D eigenvalue weighted by atomic mass is 9.97. The van der Waals surface area contributed by atoms with Crippen LogP contribution in [0.3, 0.4) is 0 Å². The molecule has 0 aliphatic heterocycles. The zero-order valence-corrected chi connectivity index (χ0v) is 10.4. The molecular weight excluding hydrogens is 228 g/mol. The Labute approximate surface area is 99.5 Å². The Hall–Kier alpha value is -1.36. The van der Waals surface area contributed by atoms with E-state index in [0.29, 0.717) is 11.3 Å². The van der Waals surface area contributed by atoms with Crippen LogP contribution in [0.1, 0.15) is 18.1 Å². The van der Waals surface area contributed by atoms with E-state index in [2.05, 4.69) is 0 Å². The zero-order chi connectivity index (χ0) is 13.2. The first-order valence-corrected chi connectivity index (χ1v) is 5.21. The van der Waals surface area contributed by atoms with Gasteiger partial charge in [0.25, 0.3) is 5.92 Å². The van der Waals surface area contributed by atoms with E-state index in [0.717, 1.165) is 0 Å². The van der Waals surface area contributed by atoms with E-state index < -0.39 is 12.0 Å². The molecule has 2 N–H and O–H groups in total. The van der Waals surface area contributed by atoms with E-state index in [-0.39, 0.29) is 11.3 Å². The van der Waals surface area contributed by atoms with E-state index in [1.807, 2.05) is 0 Å². The van der Waals surface area contributed by atoms with Gasteiger partial charge in [-0.2, -0.15) is 8.78 Å². The smallest absolute Gasteiger partial charge is 0.288 e. The second-order valence-corrected chi connectivity index (χ2v) is 3.93. The fourth-order valence-corrected chi connectivity index (χ4v) is 1.59. The maximum Gasteiger partial charge on any atom is 0.288 e. The van der Waals surface area contributed by atoms with Gasteiger partial charge in [0.1, 0.15) is 0 Å². The molecule has 1 aromatic carbocycles. The Bertz CT molecular complexity index is 406. The van der Waals surface area contributed by atoms with E-state index in [1.165, 1.54) is 33.3 Å². The summed E-state index contributed by atoms with van der Waals surface area (Å²) in [5.74, 6) is -2.40. The molecule has 1 rings (SSSR count). The largest absolute Gasteiger partial charge is 0.493 e. The number of nitrogens with two attached hydrogens (primary N) is 1. The number of hydrogen-bond acceptors (Lipinski definition) is 3. The molecule has 0 aliphatic rings. The lowest BCUT2D eigenvalue weighted by Gasteiger charge is -2.23. The quantitative estimate of drug-likeness (QED) is 0.886. The highest BCUT2D eigenvalue weighted by molar-refractivity contribution is 5.48. The molecule has 1 atom stereocenters. The number of hydrogen-bond donors (Lipinski definition) is 1. The summed E-state index contributed by atoms with van der Waals surface area (Å²) in [7, 11) is 2.86. The van der Waals surface area contributed by atoms with Gasteiger partial charge in [-0.1, -0.05) is 0 Å². The van der Waals surface area contributed by atoms with Crippen LogP contribution in [0.15, 0.2) is 12.1 Å². The Morgan fingerprint density at radius 1 is 1.18 bits per heavy atom. The Balaban J connectivity index is 3.36. The van der Waals surface area contributed by atoms with Gasteiger partial charge >= 0.3 is 0 Å². The minimum atomic E-state index is -3.09. The number of benzene rings is 1. The molecule has 0 radical (unpaired) electrons. The fourth-order valence-electron chi connectivity index (χ4n) is 1.59. The van der Waals surface area contributed by atoms with E-state index >= 15 is 0 Å². The van der Waals surface area contributed by atoms with Crippen LogP contribution >= 0.6 is 0 Å². The van der Waals surface area contributed by atoms with Gasteiger partial charge in [-0.15, -0.1) is 0 Å². The highest BCUT2D eigenvalue weighted by Gasteiger charge is 2.38. The monoisotopic (exact) mass is 245 g/mol. The molecule has 0 saturated carbocycles. The maximum atomic E-state index is 13.9. The standard InChI is InChI=1S/C12H17F2NO2/c1-7-5-10(16-3)11(17-4)6-9(7)12(13,14)8(2)15/h5-6,8H,15H2,1-4H3. The normalized spacial score (nSPS) is 13.4. The van der Waals surface area contributed by atoms with E-state index in [1.54, 1.807) is 6.92 Å². The van der Waals surface area contributed by atoms with Crippen molar-refractivity contribution >= 4 is 0 Å². The Kier molecular flexibility index (Phi) is 3.93. The molecule has 0 spiro atoms. The average molecular weight is 245 g/mol. The first-order chi connectivity index (χ1) is 7.84. The topological polar surface area (TPSA) is 44.5 Å². The van der Waals surface area contributed by atoms with Crippen molar-refractivity contribution in [2.75, 3.05) is 14.2 Å². The maximum absolute atomic E-state index is 13.9. The van der Waals surface area contributed by atoms with Crippen molar-refractivity contribution in [3.8, 4) is 11.5 Å². The van der Waals surface area contributed by atoms with Crippen molar-refractivity contribution in [2.24, 2.45) is 5.73 Å². The van der Waals surface area contributed by atoms with Crippen LogP contribution in [0.5, 0.6) is 11.5 Å². The van der Waals surface area contributed by atoms with Crippen LogP contribution in [0, 0.1) is 6.92 Å². The molecule has 0 amide bonds. The van der Waals surface area contributed by atoms with Crippen LogP contribution in [-0.4, -0.2) is 20.3 Å². The summed E-state index contributed by atoms with van der Waals surface area (Å²) in [6, 6.07) is 1.53. The van der Waals surface area contributed by atoms with Crippen molar-refractivity contribution < 1.29 is 18.3 Å². The van der Waals surface area contributed by atoms with Crippen LogP contribution in [0.25, 0.3) is 0 Å². The number of rotatable bonds is 4. The fraction of sp³-hybridized carbons (Fsp3) is 0.500. The Morgan fingerprint density at radius 2 is 1.65 bits per heavy atom. The third-order valence-electron chi connectivity index (χ3n) is 2.66. The van der Waals surface area contributed by atoms with Crippen molar-refractivity contribution in [3.05, 3.63) is 23.3 Å². The molecule has 0 saturated heterocycles. The number of ether oxygens (including phenoxy) is 2. The SMILES string of the molecule is COc1cc(C)c(C(F)(F)C(C)N)cc1OC. The zero-order valence-electron chi connectivity index (χ0n) is 10.4. The molecule has 0 heterocycles. The summed E-state index contributed by atoms with van der Waals surface area (Å²) < 4.78 is 37.8. The summed E-state index contributed by atoms with van der Waals surface area (Å²) in [6.07, 6.45) is 0. The summed E-state index contributed by atoms with van der Waals surface area (Å²) in [4.78, 5) is 0. The molecule has 1 unspecified atom stereocenters. The third kappa shape index (κ3) is 2.49. The predicted octanol–water partition coefficient (Wildman–Crippen LogP) is 2.45. The van der Waals surface area contributed by atoms with E-state index in [4.69, 9.17) is 15.2 Å². The van der Waals surface area contributed by atoms with Gasteiger partial charge in [0.05, 0.1) is 20.3 Å². The van der Waals surface area contributed by atoms with Gasteiger partial charge in [0, 0.05) is 5.56 Å². The summed E-state index contributed by atoms with van der Waals surface area (Å²) >= 11 is 0. The molecule has 0 aromatic heterocycles. The average Bonchev–Trinajstić information content (AvgIpc) is 2.27. The van der Waals surface area contributed by atoms with Crippen LogP contribution in [0.4, 0.5) is 8.78 Å². The van der Waals surface area contributed by atoms with Crippen molar-refractivity contribution in [1.82, 2.24) is 0 Å². The molecule has 0 fully saturated rings.